The number of carbonyl (C=O) groups excluding carboxylic acids is 1. The smallest absolute Gasteiger partial charge is 0.258 e. The van der Waals surface area contributed by atoms with Gasteiger partial charge in [-0.15, -0.1) is 0 Å². The standard InChI is InChI=1S/C23H18BrN3O2/c1-26-20-12-14-5-4-10-25-22(14)27(13-15-11-16(29-2)8-9-18(15)24)19-7-3-6-17(21(19)20)23(26)28/h3-12H,13H2,1-2H3. The maximum Gasteiger partial charge on any atom is 0.258 e. The summed E-state index contributed by atoms with van der Waals surface area (Å²) in [5, 5.41) is 0. The van der Waals surface area contributed by atoms with E-state index in [1.54, 1.807) is 18.2 Å². The van der Waals surface area contributed by atoms with Crippen LogP contribution >= 0.6 is 15.9 Å². The van der Waals surface area contributed by atoms with Gasteiger partial charge in [-0.25, -0.2) is 4.98 Å². The van der Waals surface area contributed by atoms with Gasteiger partial charge in [0.1, 0.15) is 11.6 Å². The number of aromatic nitrogens is 1. The number of ether oxygens (including phenoxy) is 1. The molecule has 0 spiro atoms. The number of hydrogen-bond acceptors (Lipinski definition) is 4. The molecular formula is C23H18BrN3O2. The molecule has 2 aliphatic rings. The van der Waals surface area contributed by atoms with Gasteiger partial charge in [-0.05, 0) is 54.1 Å². The molecule has 5 rings (SSSR count). The van der Waals surface area contributed by atoms with Crippen LogP contribution in [0.2, 0.25) is 0 Å². The first-order chi connectivity index (χ1) is 14.1. The zero-order valence-corrected chi connectivity index (χ0v) is 17.6. The molecule has 0 bridgehead atoms. The van der Waals surface area contributed by atoms with Gasteiger partial charge in [0, 0.05) is 28.8 Å². The van der Waals surface area contributed by atoms with Crippen LogP contribution in [-0.4, -0.2) is 29.9 Å². The van der Waals surface area contributed by atoms with E-state index < -0.39 is 0 Å². The molecule has 2 aromatic carbocycles. The highest BCUT2D eigenvalue weighted by molar-refractivity contribution is 9.10. The number of rotatable bonds is 3. The summed E-state index contributed by atoms with van der Waals surface area (Å²) >= 11 is 3.67. The van der Waals surface area contributed by atoms with Gasteiger partial charge in [-0.2, -0.15) is 0 Å². The number of fused-ring (bicyclic) bond motifs is 1. The lowest BCUT2D eigenvalue weighted by Gasteiger charge is -2.26. The van der Waals surface area contributed by atoms with E-state index in [1.807, 2.05) is 49.5 Å². The fraction of sp³-hybridized carbons (Fsp3) is 0.130. The molecule has 0 fully saturated rings. The van der Waals surface area contributed by atoms with Crippen molar-refractivity contribution in [2.45, 2.75) is 6.54 Å². The number of carbonyl (C=O) groups is 1. The average molecular weight is 448 g/mol. The average Bonchev–Trinajstić information content (AvgIpc) is 2.90. The van der Waals surface area contributed by atoms with E-state index in [0.717, 1.165) is 49.7 Å². The highest BCUT2D eigenvalue weighted by Crippen LogP contribution is 2.46. The second kappa shape index (κ2) is 6.74. The fourth-order valence-electron chi connectivity index (χ4n) is 3.98. The third-order valence-corrected chi connectivity index (χ3v) is 6.21. The van der Waals surface area contributed by atoms with Gasteiger partial charge in [0.15, 0.2) is 0 Å². The Morgan fingerprint density at radius 1 is 1.14 bits per heavy atom. The summed E-state index contributed by atoms with van der Waals surface area (Å²) in [6.45, 7) is 0.581. The Morgan fingerprint density at radius 3 is 2.83 bits per heavy atom. The summed E-state index contributed by atoms with van der Waals surface area (Å²) in [5.41, 5.74) is 5.60. The van der Waals surface area contributed by atoms with Gasteiger partial charge in [0.2, 0.25) is 0 Å². The highest BCUT2D eigenvalue weighted by atomic mass is 79.9. The van der Waals surface area contributed by atoms with E-state index in [9.17, 15) is 4.79 Å². The molecule has 144 valence electrons. The number of pyridine rings is 1. The van der Waals surface area contributed by atoms with Crippen molar-refractivity contribution in [3.8, 4) is 5.75 Å². The monoisotopic (exact) mass is 447 g/mol. The van der Waals surface area contributed by atoms with Crippen molar-refractivity contribution in [2.75, 3.05) is 19.1 Å². The third kappa shape index (κ3) is 2.75. The molecule has 0 atom stereocenters. The molecule has 0 N–H and O–H groups in total. The molecule has 29 heavy (non-hydrogen) atoms. The lowest BCUT2D eigenvalue weighted by atomic mass is 10.0. The van der Waals surface area contributed by atoms with Crippen LogP contribution in [0.3, 0.4) is 0 Å². The predicted molar refractivity (Wildman–Crippen MR) is 117 cm³/mol. The Bertz CT molecular complexity index is 1190. The van der Waals surface area contributed by atoms with Gasteiger partial charge in [-0.1, -0.05) is 22.0 Å². The summed E-state index contributed by atoms with van der Waals surface area (Å²) in [4.78, 5) is 21.4. The molecule has 1 aromatic heterocycles. The van der Waals surface area contributed by atoms with Gasteiger partial charge in [0.05, 0.1) is 30.6 Å². The number of halogens is 1. The molecule has 0 unspecified atom stereocenters. The summed E-state index contributed by atoms with van der Waals surface area (Å²) in [5.74, 6) is 1.67. The van der Waals surface area contributed by atoms with Crippen molar-refractivity contribution >= 4 is 45.1 Å². The van der Waals surface area contributed by atoms with Crippen molar-refractivity contribution < 1.29 is 9.53 Å². The van der Waals surface area contributed by atoms with Crippen LogP contribution in [0.25, 0.3) is 11.8 Å². The van der Waals surface area contributed by atoms with Crippen LogP contribution in [0.5, 0.6) is 5.75 Å². The molecule has 5 nitrogen and oxygen atoms in total. The Morgan fingerprint density at radius 2 is 2.00 bits per heavy atom. The predicted octanol–water partition coefficient (Wildman–Crippen LogP) is 5.09. The molecule has 0 saturated carbocycles. The van der Waals surface area contributed by atoms with Crippen molar-refractivity contribution in [2.24, 2.45) is 0 Å². The normalized spacial score (nSPS) is 14.3. The summed E-state index contributed by atoms with van der Waals surface area (Å²) in [6.07, 6.45) is 3.85. The number of nitrogens with zero attached hydrogens (tertiary/aromatic N) is 3. The maximum atomic E-state index is 12.8. The SMILES string of the molecule is COc1ccc(Br)c(CN2c3cccc4c3C(=Cc3cccnc32)N(C)C4=O)c1. The molecule has 0 radical (unpaired) electrons. The van der Waals surface area contributed by atoms with E-state index in [1.165, 1.54) is 0 Å². The summed E-state index contributed by atoms with van der Waals surface area (Å²) in [6, 6.07) is 15.8. The van der Waals surface area contributed by atoms with Gasteiger partial charge >= 0.3 is 0 Å². The Kier molecular flexibility index (Phi) is 4.17. The summed E-state index contributed by atoms with van der Waals surface area (Å²) in [7, 11) is 3.49. The molecule has 6 heteroatoms. The van der Waals surface area contributed by atoms with E-state index in [2.05, 4.69) is 33.0 Å². The molecule has 3 heterocycles. The van der Waals surface area contributed by atoms with Crippen LogP contribution in [0.1, 0.15) is 27.0 Å². The Balaban J connectivity index is 1.74. The maximum absolute atomic E-state index is 12.8. The van der Waals surface area contributed by atoms with Crippen LogP contribution in [0.4, 0.5) is 11.5 Å². The number of hydrogen-bond donors (Lipinski definition) is 0. The minimum Gasteiger partial charge on any atom is -0.497 e. The number of anilines is 2. The summed E-state index contributed by atoms with van der Waals surface area (Å²) < 4.78 is 6.41. The zero-order chi connectivity index (χ0) is 20.1. The topological polar surface area (TPSA) is 45.7 Å². The quantitative estimate of drug-likeness (QED) is 0.560. The van der Waals surface area contributed by atoms with E-state index >= 15 is 0 Å². The first-order valence-electron chi connectivity index (χ1n) is 9.26. The fourth-order valence-corrected chi connectivity index (χ4v) is 4.35. The molecule has 1 amide bonds. The van der Waals surface area contributed by atoms with Crippen LogP contribution in [-0.2, 0) is 6.54 Å². The van der Waals surface area contributed by atoms with E-state index in [-0.39, 0.29) is 5.91 Å². The molecule has 0 saturated heterocycles. The number of methoxy groups -OCH3 is 1. The minimum atomic E-state index is 0.0166. The number of benzene rings is 2. The molecule has 2 aliphatic heterocycles. The van der Waals surface area contributed by atoms with Crippen LogP contribution < -0.4 is 9.64 Å². The first kappa shape index (κ1) is 17.9. The Hall–Kier alpha value is -3.12. The zero-order valence-electron chi connectivity index (χ0n) is 16.0. The van der Waals surface area contributed by atoms with Crippen molar-refractivity contribution in [1.82, 2.24) is 9.88 Å². The van der Waals surface area contributed by atoms with E-state index in [4.69, 9.17) is 9.72 Å². The minimum absolute atomic E-state index is 0.0166. The molecule has 0 aliphatic carbocycles. The Labute approximate surface area is 177 Å². The lowest BCUT2D eigenvalue weighted by molar-refractivity contribution is 0.0875. The van der Waals surface area contributed by atoms with Crippen molar-refractivity contribution in [1.29, 1.82) is 0 Å². The van der Waals surface area contributed by atoms with Crippen LogP contribution in [0, 0.1) is 0 Å². The van der Waals surface area contributed by atoms with E-state index in [0.29, 0.717) is 6.54 Å². The second-order valence-electron chi connectivity index (χ2n) is 7.05. The molecular weight excluding hydrogens is 430 g/mol. The second-order valence-corrected chi connectivity index (χ2v) is 7.91. The van der Waals surface area contributed by atoms with Gasteiger partial charge in [0.25, 0.3) is 5.91 Å². The largest absolute Gasteiger partial charge is 0.497 e. The highest BCUT2D eigenvalue weighted by Gasteiger charge is 2.35. The lowest BCUT2D eigenvalue weighted by Crippen LogP contribution is -2.20. The third-order valence-electron chi connectivity index (χ3n) is 5.43. The van der Waals surface area contributed by atoms with Crippen LogP contribution in [0.15, 0.2) is 59.2 Å². The van der Waals surface area contributed by atoms with Crippen molar-refractivity contribution in [3.63, 3.8) is 0 Å². The van der Waals surface area contributed by atoms with Gasteiger partial charge < -0.3 is 14.5 Å². The first-order valence-corrected chi connectivity index (χ1v) is 10.1. The van der Waals surface area contributed by atoms with Crippen molar-refractivity contribution in [3.05, 3.63) is 81.5 Å². The van der Waals surface area contributed by atoms with Gasteiger partial charge in [-0.3, -0.25) is 4.79 Å². The molecule has 3 aromatic rings. The number of amides is 1.